The molecule has 0 heterocycles. The van der Waals surface area contributed by atoms with Crippen molar-refractivity contribution in [3.63, 3.8) is 0 Å². The number of hydrogen-bond donors (Lipinski definition) is 3. The van der Waals surface area contributed by atoms with Crippen LogP contribution < -0.4 is 0 Å². The van der Waals surface area contributed by atoms with Gasteiger partial charge in [0.2, 0.25) is 0 Å². The van der Waals surface area contributed by atoms with Crippen molar-refractivity contribution in [2.45, 2.75) is 125 Å². The molecule has 3 nitrogen and oxygen atoms in total. The highest BCUT2D eigenvalue weighted by molar-refractivity contribution is 5.61. The van der Waals surface area contributed by atoms with E-state index in [9.17, 15) is 15.3 Å². The summed E-state index contributed by atoms with van der Waals surface area (Å²) in [5.74, 6) is 1.03. The number of phenols is 3. The Morgan fingerprint density at radius 3 is 0.925 bits per heavy atom. The van der Waals surface area contributed by atoms with Crippen molar-refractivity contribution in [1.29, 1.82) is 0 Å². The third-order valence-corrected chi connectivity index (χ3v) is 8.43. The molecule has 40 heavy (non-hydrogen) atoms. The van der Waals surface area contributed by atoms with Crippen LogP contribution in [0.5, 0.6) is 17.2 Å². The summed E-state index contributed by atoms with van der Waals surface area (Å²) in [4.78, 5) is 0. The van der Waals surface area contributed by atoms with Gasteiger partial charge in [-0.05, 0) is 93.5 Å². The first kappa shape index (κ1) is 31.6. The summed E-state index contributed by atoms with van der Waals surface area (Å²) < 4.78 is 0. The Balaban J connectivity index is 2.66. The van der Waals surface area contributed by atoms with E-state index in [-0.39, 0.29) is 16.2 Å². The molecule has 3 aromatic rings. The van der Waals surface area contributed by atoms with Crippen LogP contribution in [-0.2, 0) is 21.7 Å². The largest absolute Gasteiger partial charge is 0.507 e. The summed E-state index contributed by atoms with van der Waals surface area (Å²) in [7, 11) is 0. The number of rotatable bonds is 5. The molecule has 0 aliphatic carbocycles. The second-order valence-electron chi connectivity index (χ2n) is 15.0. The van der Waals surface area contributed by atoms with E-state index >= 15 is 0 Å². The lowest BCUT2D eigenvalue weighted by Crippen LogP contribution is -2.32. The summed E-state index contributed by atoms with van der Waals surface area (Å²) in [5.41, 5.74) is 7.29. The summed E-state index contributed by atoms with van der Waals surface area (Å²) in [5, 5.41) is 33.6. The zero-order valence-electron chi connectivity index (χ0n) is 27.2. The molecular weight excluding hydrogens is 492 g/mol. The first-order valence-corrected chi connectivity index (χ1v) is 14.7. The molecule has 0 aliphatic rings. The molecule has 218 valence electrons. The molecule has 0 saturated heterocycles. The lowest BCUT2D eigenvalue weighted by atomic mass is 9.63. The molecule has 0 radical (unpaired) electrons. The normalized spacial score (nSPS) is 13.1. The Morgan fingerprint density at radius 1 is 0.475 bits per heavy atom. The fourth-order valence-corrected chi connectivity index (χ4v) is 6.10. The predicted molar refractivity (Wildman–Crippen MR) is 169 cm³/mol. The molecule has 0 amide bonds. The van der Waals surface area contributed by atoms with Gasteiger partial charge in [-0.2, -0.15) is 0 Å². The van der Waals surface area contributed by atoms with Crippen molar-refractivity contribution >= 4 is 0 Å². The smallest absolute Gasteiger partial charge is 0.122 e. The minimum absolute atomic E-state index is 0.258. The van der Waals surface area contributed by atoms with Gasteiger partial charge >= 0.3 is 0 Å². The van der Waals surface area contributed by atoms with Crippen molar-refractivity contribution < 1.29 is 15.3 Å². The van der Waals surface area contributed by atoms with Gasteiger partial charge in [0.1, 0.15) is 17.2 Å². The highest BCUT2D eigenvalue weighted by atomic mass is 16.3. The molecular formula is C37H52O3. The number of hydrogen-bond acceptors (Lipinski definition) is 3. The molecule has 0 fully saturated rings. The van der Waals surface area contributed by atoms with Gasteiger partial charge in [-0.25, -0.2) is 0 Å². The van der Waals surface area contributed by atoms with Gasteiger partial charge in [0.25, 0.3) is 0 Å². The number of aryl methyl sites for hydroxylation is 3. The minimum Gasteiger partial charge on any atom is -0.507 e. The van der Waals surface area contributed by atoms with E-state index < -0.39 is 5.41 Å². The first-order valence-electron chi connectivity index (χ1n) is 14.7. The van der Waals surface area contributed by atoms with E-state index in [1.165, 1.54) is 0 Å². The van der Waals surface area contributed by atoms with Crippen LogP contribution in [0.1, 0.15) is 132 Å². The van der Waals surface area contributed by atoms with E-state index in [0.717, 1.165) is 62.9 Å². The molecule has 3 N–H and O–H groups in total. The van der Waals surface area contributed by atoms with E-state index in [0.29, 0.717) is 17.2 Å². The van der Waals surface area contributed by atoms with Gasteiger partial charge in [-0.3, -0.25) is 0 Å². The molecule has 0 aromatic heterocycles. The van der Waals surface area contributed by atoms with Crippen LogP contribution >= 0.6 is 0 Å². The number of benzene rings is 3. The molecule has 0 spiro atoms. The SMILES string of the molecule is CCCC(c1cc(C)c(O)c(C(C)(C)C)c1)(c1cc(C)c(O)c(C(C)(C)C)c1)c1cc(C)c(O)c(C(C)(C)C)c1. The second-order valence-corrected chi connectivity index (χ2v) is 15.0. The van der Waals surface area contributed by atoms with E-state index in [4.69, 9.17) is 0 Å². The molecule has 0 bridgehead atoms. The second kappa shape index (κ2) is 10.5. The van der Waals surface area contributed by atoms with Crippen molar-refractivity contribution in [2.24, 2.45) is 0 Å². The predicted octanol–water partition coefficient (Wildman–Crippen LogP) is 9.76. The zero-order chi connectivity index (χ0) is 30.6. The van der Waals surface area contributed by atoms with Gasteiger partial charge in [-0.1, -0.05) is 112 Å². The molecule has 0 aliphatic heterocycles. The number of phenolic OH excluding ortho intramolecular Hbond substituents is 3. The Morgan fingerprint density at radius 2 is 0.725 bits per heavy atom. The van der Waals surface area contributed by atoms with Gasteiger partial charge in [0, 0.05) is 5.41 Å². The minimum atomic E-state index is -0.579. The van der Waals surface area contributed by atoms with Crippen LogP contribution in [0.4, 0.5) is 0 Å². The third-order valence-electron chi connectivity index (χ3n) is 8.43. The first-order chi connectivity index (χ1) is 18.2. The van der Waals surface area contributed by atoms with Crippen LogP contribution in [0.2, 0.25) is 0 Å². The van der Waals surface area contributed by atoms with E-state index in [1.807, 2.05) is 20.8 Å². The van der Waals surface area contributed by atoms with Crippen LogP contribution in [0.25, 0.3) is 0 Å². The third kappa shape index (κ3) is 5.62. The molecule has 0 saturated carbocycles. The van der Waals surface area contributed by atoms with Crippen LogP contribution in [-0.4, -0.2) is 15.3 Å². The summed E-state index contributed by atoms with van der Waals surface area (Å²) in [6, 6.07) is 13.0. The lowest BCUT2D eigenvalue weighted by molar-refractivity contribution is 0.436. The van der Waals surface area contributed by atoms with E-state index in [2.05, 4.69) is 106 Å². The van der Waals surface area contributed by atoms with Crippen LogP contribution in [0.15, 0.2) is 36.4 Å². The van der Waals surface area contributed by atoms with E-state index in [1.54, 1.807) is 0 Å². The highest BCUT2D eigenvalue weighted by Gasteiger charge is 2.40. The lowest BCUT2D eigenvalue weighted by Gasteiger charge is -2.40. The van der Waals surface area contributed by atoms with Crippen molar-refractivity contribution in [2.75, 3.05) is 0 Å². The molecule has 3 aromatic carbocycles. The van der Waals surface area contributed by atoms with Gasteiger partial charge in [-0.15, -0.1) is 0 Å². The Labute approximate surface area is 243 Å². The molecule has 0 atom stereocenters. The summed E-state index contributed by atoms with van der Waals surface area (Å²) >= 11 is 0. The molecule has 0 unspecified atom stereocenters. The Hall–Kier alpha value is -2.94. The topological polar surface area (TPSA) is 60.7 Å². The molecule has 3 heteroatoms. The fourth-order valence-electron chi connectivity index (χ4n) is 6.10. The van der Waals surface area contributed by atoms with Gasteiger partial charge in [0.15, 0.2) is 0 Å². The van der Waals surface area contributed by atoms with Crippen molar-refractivity contribution in [1.82, 2.24) is 0 Å². The Bertz CT molecular complexity index is 1240. The summed E-state index contributed by atoms with van der Waals surface area (Å²) in [6.07, 6.45) is 1.74. The number of aromatic hydroxyl groups is 3. The average Bonchev–Trinajstić information content (AvgIpc) is 2.80. The maximum Gasteiger partial charge on any atom is 0.122 e. The van der Waals surface area contributed by atoms with Gasteiger partial charge in [0.05, 0.1) is 0 Å². The van der Waals surface area contributed by atoms with Crippen molar-refractivity contribution in [3.05, 3.63) is 86.5 Å². The summed E-state index contributed by atoms with van der Waals surface area (Å²) in [6.45, 7) is 27.4. The fraction of sp³-hybridized carbons (Fsp3) is 0.514. The molecule has 3 rings (SSSR count). The zero-order valence-corrected chi connectivity index (χ0v) is 27.2. The Kier molecular flexibility index (Phi) is 8.27. The standard InChI is InChI=1S/C37H52O3/c1-14-15-37(25-16-22(2)31(38)28(19-25)34(5,6)7,26-17-23(3)32(39)29(20-26)35(8,9)10)27-18-24(4)33(40)30(21-27)36(11,12)13/h16-21,38-40H,14-15H2,1-13H3. The maximum atomic E-state index is 11.2. The highest BCUT2D eigenvalue weighted by Crippen LogP contribution is 2.50. The maximum absolute atomic E-state index is 11.2. The van der Waals surface area contributed by atoms with Crippen LogP contribution in [0, 0.1) is 20.8 Å². The monoisotopic (exact) mass is 544 g/mol. The van der Waals surface area contributed by atoms with Gasteiger partial charge < -0.3 is 15.3 Å². The van der Waals surface area contributed by atoms with Crippen molar-refractivity contribution in [3.8, 4) is 17.2 Å². The average molecular weight is 545 g/mol. The van der Waals surface area contributed by atoms with Crippen LogP contribution in [0.3, 0.4) is 0 Å². The quantitative estimate of drug-likeness (QED) is 0.280.